The van der Waals surface area contributed by atoms with Crippen LogP contribution in [0.25, 0.3) is 0 Å². The highest BCUT2D eigenvalue weighted by molar-refractivity contribution is 5.92. The zero-order valence-electron chi connectivity index (χ0n) is 19.9. The molecule has 1 amide bonds. The van der Waals surface area contributed by atoms with Gasteiger partial charge in [0.1, 0.15) is 0 Å². The fraction of sp³-hybridized carbons (Fsp3) is 0.414. The lowest BCUT2D eigenvalue weighted by atomic mass is 9.90. The molecular weight excluding hydrogens is 420 g/mol. The summed E-state index contributed by atoms with van der Waals surface area (Å²) in [4.78, 5) is 17.2. The second kappa shape index (κ2) is 10.8. The normalized spacial score (nSPS) is 17.6. The molecule has 0 unspecified atom stereocenters. The van der Waals surface area contributed by atoms with E-state index in [4.69, 9.17) is 0 Å². The van der Waals surface area contributed by atoms with E-state index >= 15 is 0 Å². The molecule has 0 N–H and O–H groups in total. The molecule has 34 heavy (non-hydrogen) atoms. The number of benzene rings is 2. The van der Waals surface area contributed by atoms with Gasteiger partial charge in [-0.1, -0.05) is 60.7 Å². The number of carbonyl (C=O) groups excluding carboxylic acids is 1. The first kappa shape index (κ1) is 22.6. The molecule has 2 aromatic carbocycles. The van der Waals surface area contributed by atoms with Crippen LogP contribution in [-0.2, 0) is 12.8 Å². The van der Waals surface area contributed by atoms with Gasteiger partial charge >= 0.3 is 0 Å². The number of piperidine rings is 2. The number of hydrogen-bond acceptors (Lipinski definition) is 4. The van der Waals surface area contributed by atoms with Gasteiger partial charge in [0.25, 0.3) is 5.91 Å². The van der Waals surface area contributed by atoms with Gasteiger partial charge in [-0.3, -0.25) is 4.79 Å². The third-order valence-electron chi connectivity index (χ3n) is 7.44. The van der Waals surface area contributed by atoms with Gasteiger partial charge in [-0.15, -0.1) is 10.2 Å². The van der Waals surface area contributed by atoms with Crippen molar-refractivity contribution < 1.29 is 4.79 Å². The van der Waals surface area contributed by atoms with Crippen molar-refractivity contribution in [2.75, 3.05) is 31.1 Å². The van der Waals surface area contributed by atoms with Gasteiger partial charge in [-0.2, -0.15) is 0 Å². The van der Waals surface area contributed by atoms with Crippen molar-refractivity contribution in [1.82, 2.24) is 15.1 Å². The quantitative estimate of drug-likeness (QED) is 0.524. The molecule has 2 aliphatic heterocycles. The lowest BCUT2D eigenvalue weighted by Crippen LogP contribution is -2.39. The molecule has 3 aromatic rings. The average Bonchev–Trinajstić information content (AvgIpc) is 2.91. The Hall–Kier alpha value is -3.21. The maximum atomic E-state index is 13.0. The van der Waals surface area contributed by atoms with Gasteiger partial charge in [0.15, 0.2) is 11.5 Å². The molecule has 176 valence electrons. The highest BCUT2D eigenvalue weighted by Crippen LogP contribution is 2.25. The van der Waals surface area contributed by atoms with Crippen molar-refractivity contribution in [3.05, 3.63) is 89.6 Å². The molecule has 0 aliphatic carbocycles. The van der Waals surface area contributed by atoms with Crippen molar-refractivity contribution in [2.45, 2.75) is 38.5 Å². The predicted molar refractivity (Wildman–Crippen MR) is 136 cm³/mol. The van der Waals surface area contributed by atoms with Crippen molar-refractivity contribution in [3.8, 4) is 0 Å². The van der Waals surface area contributed by atoms with Crippen LogP contribution in [0.3, 0.4) is 0 Å². The van der Waals surface area contributed by atoms with Crippen LogP contribution in [0.2, 0.25) is 0 Å². The number of hydrogen-bond donors (Lipinski definition) is 0. The summed E-state index contributed by atoms with van der Waals surface area (Å²) >= 11 is 0. The molecule has 0 bridgehead atoms. The topological polar surface area (TPSA) is 49.3 Å². The van der Waals surface area contributed by atoms with Gasteiger partial charge < -0.3 is 9.80 Å². The Labute approximate surface area is 202 Å². The minimum absolute atomic E-state index is 0.0128. The third-order valence-corrected chi connectivity index (χ3v) is 7.44. The van der Waals surface area contributed by atoms with Crippen molar-refractivity contribution >= 4 is 11.7 Å². The van der Waals surface area contributed by atoms with E-state index in [-0.39, 0.29) is 5.91 Å². The second-order valence-corrected chi connectivity index (χ2v) is 9.82. The maximum absolute atomic E-state index is 13.0. The fourth-order valence-corrected chi connectivity index (χ4v) is 5.37. The Morgan fingerprint density at radius 2 is 1.21 bits per heavy atom. The lowest BCUT2D eigenvalue weighted by molar-refractivity contribution is 0.0683. The van der Waals surface area contributed by atoms with E-state index in [1.54, 1.807) is 0 Å². The first-order valence-corrected chi connectivity index (χ1v) is 12.7. The van der Waals surface area contributed by atoms with Crippen LogP contribution in [0.5, 0.6) is 0 Å². The maximum Gasteiger partial charge on any atom is 0.274 e. The second-order valence-electron chi connectivity index (χ2n) is 9.82. The van der Waals surface area contributed by atoms with E-state index in [0.29, 0.717) is 11.6 Å². The number of carbonyl (C=O) groups is 1. The largest absolute Gasteiger partial charge is 0.355 e. The molecule has 5 heteroatoms. The van der Waals surface area contributed by atoms with Crippen LogP contribution in [0.15, 0.2) is 72.8 Å². The number of anilines is 1. The van der Waals surface area contributed by atoms with Gasteiger partial charge in [0.2, 0.25) is 0 Å². The van der Waals surface area contributed by atoms with Crippen LogP contribution in [0.4, 0.5) is 5.82 Å². The van der Waals surface area contributed by atoms with E-state index in [2.05, 4.69) is 75.8 Å². The van der Waals surface area contributed by atoms with Crippen LogP contribution in [0.1, 0.15) is 47.3 Å². The molecule has 2 aliphatic rings. The first-order valence-electron chi connectivity index (χ1n) is 12.7. The minimum atomic E-state index is 0.0128. The summed E-state index contributed by atoms with van der Waals surface area (Å²) in [7, 11) is 0. The number of amides is 1. The zero-order valence-corrected chi connectivity index (χ0v) is 19.9. The summed E-state index contributed by atoms with van der Waals surface area (Å²) in [6.07, 6.45) is 6.66. The highest BCUT2D eigenvalue weighted by atomic mass is 16.2. The Morgan fingerprint density at radius 3 is 1.71 bits per heavy atom. The molecular formula is C29H34N4O. The van der Waals surface area contributed by atoms with Crippen LogP contribution < -0.4 is 4.90 Å². The molecule has 0 radical (unpaired) electrons. The minimum Gasteiger partial charge on any atom is -0.355 e. The van der Waals surface area contributed by atoms with Gasteiger partial charge in [-0.05, 0) is 73.6 Å². The van der Waals surface area contributed by atoms with Gasteiger partial charge in [0.05, 0.1) is 0 Å². The van der Waals surface area contributed by atoms with Crippen molar-refractivity contribution in [1.29, 1.82) is 0 Å². The van der Waals surface area contributed by atoms with Gasteiger partial charge in [-0.25, -0.2) is 0 Å². The monoisotopic (exact) mass is 454 g/mol. The number of rotatable bonds is 6. The fourth-order valence-electron chi connectivity index (χ4n) is 5.37. The summed E-state index contributed by atoms with van der Waals surface area (Å²) < 4.78 is 0. The predicted octanol–water partition coefficient (Wildman–Crippen LogP) is 5.03. The molecule has 0 spiro atoms. The van der Waals surface area contributed by atoms with Crippen LogP contribution >= 0.6 is 0 Å². The molecule has 3 heterocycles. The summed E-state index contributed by atoms with van der Waals surface area (Å²) in [5.74, 6) is 2.26. The van der Waals surface area contributed by atoms with Gasteiger partial charge in [0, 0.05) is 26.2 Å². The standard InChI is InChI=1S/C29H34N4O/c34-29(33-19-15-26(16-20-33)22-24-9-5-2-6-10-24)27-11-12-28(31-30-27)32-17-13-25(14-18-32)21-23-7-3-1-4-8-23/h1-12,25-26H,13-22H2. The summed E-state index contributed by atoms with van der Waals surface area (Å²) in [5, 5.41) is 8.75. The first-order chi connectivity index (χ1) is 16.7. The molecule has 2 fully saturated rings. The summed E-state index contributed by atoms with van der Waals surface area (Å²) in [6, 6.07) is 25.2. The molecule has 0 saturated carbocycles. The van der Waals surface area contributed by atoms with E-state index in [0.717, 1.165) is 76.4 Å². The molecule has 5 nitrogen and oxygen atoms in total. The van der Waals surface area contributed by atoms with E-state index < -0.39 is 0 Å². The smallest absolute Gasteiger partial charge is 0.274 e. The van der Waals surface area contributed by atoms with Crippen LogP contribution in [-0.4, -0.2) is 47.2 Å². The molecule has 1 aromatic heterocycles. The molecule has 5 rings (SSSR count). The third kappa shape index (κ3) is 5.64. The Morgan fingerprint density at radius 1 is 0.676 bits per heavy atom. The van der Waals surface area contributed by atoms with Crippen molar-refractivity contribution in [2.24, 2.45) is 11.8 Å². The number of aromatic nitrogens is 2. The van der Waals surface area contributed by atoms with E-state index in [1.165, 1.54) is 11.1 Å². The van der Waals surface area contributed by atoms with E-state index in [9.17, 15) is 4.79 Å². The van der Waals surface area contributed by atoms with Crippen molar-refractivity contribution in [3.63, 3.8) is 0 Å². The average molecular weight is 455 g/mol. The van der Waals surface area contributed by atoms with E-state index in [1.807, 2.05) is 17.0 Å². The summed E-state index contributed by atoms with van der Waals surface area (Å²) in [5.41, 5.74) is 3.27. The molecule has 2 saturated heterocycles. The van der Waals surface area contributed by atoms with Crippen LogP contribution in [0, 0.1) is 11.8 Å². The Balaban J connectivity index is 1.09. The highest BCUT2D eigenvalue weighted by Gasteiger charge is 2.26. The zero-order chi connectivity index (χ0) is 23.2. The lowest BCUT2D eigenvalue weighted by Gasteiger charge is -2.33. The number of nitrogens with zero attached hydrogens (tertiary/aromatic N) is 4. The molecule has 0 atom stereocenters. The summed E-state index contributed by atoms with van der Waals surface area (Å²) in [6.45, 7) is 3.59. The SMILES string of the molecule is O=C(c1ccc(N2CCC(Cc3ccccc3)CC2)nn1)N1CCC(Cc2ccccc2)CC1. The Bertz CT molecular complexity index is 1040. The Kier molecular flexibility index (Phi) is 7.18. The number of likely N-dealkylation sites (tertiary alicyclic amines) is 1.